The molecule has 3 rings (SSSR count). The second-order valence-corrected chi connectivity index (χ2v) is 4.07. The van der Waals surface area contributed by atoms with Crippen LogP contribution in [0.4, 0.5) is 5.69 Å². The molecule has 0 aliphatic carbocycles. The second kappa shape index (κ2) is 3.50. The van der Waals surface area contributed by atoms with E-state index in [4.69, 9.17) is 5.73 Å². The molecule has 0 spiro atoms. The van der Waals surface area contributed by atoms with E-state index in [1.807, 2.05) is 42.5 Å². The van der Waals surface area contributed by atoms with Crippen molar-refractivity contribution in [3.05, 3.63) is 54.1 Å². The molecule has 0 aliphatic rings. The summed E-state index contributed by atoms with van der Waals surface area (Å²) in [5.41, 5.74) is 7.22. The molecule has 0 bridgehead atoms. The van der Waals surface area contributed by atoms with Gasteiger partial charge in [0.1, 0.15) is 6.07 Å². The highest BCUT2D eigenvalue weighted by molar-refractivity contribution is 6.05. The summed E-state index contributed by atoms with van der Waals surface area (Å²) in [6, 6.07) is 17.9. The number of nitrogen functional groups attached to an aromatic ring is 1. The van der Waals surface area contributed by atoms with Crippen LogP contribution in [0.1, 0.15) is 5.56 Å². The fourth-order valence-corrected chi connectivity index (χ4v) is 2.21. The van der Waals surface area contributed by atoms with E-state index < -0.39 is 0 Å². The Morgan fingerprint density at radius 1 is 0.882 bits per heavy atom. The zero-order valence-corrected chi connectivity index (χ0v) is 9.14. The van der Waals surface area contributed by atoms with Crippen LogP contribution in [0.3, 0.4) is 0 Å². The van der Waals surface area contributed by atoms with Crippen LogP contribution in [-0.2, 0) is 0 Å². The summed E-state index contributed by atoms with van der Waals surface area (Å²) in [4.78, 5) is 0. The van der Waals surface area contributed by atoms with Crippen LogP contribution in [0.2, 0.25) is 0 Å². The fourth-order valence-electron chi connectivity index (χ4n) is 2.21. The quantitative estimate of drug-likeness (QED) is 0.464. The van der Waals surface area contributed by atoms with E-state index in [0.717, 1.165) is 32.8 Å². The highest BCUT2D eigenvalue weighted by Crippen LogP contribution is 2.28. The Kier molecular flexibility index (Phi) is 1.99. The Morgan fingerprint density at radius 3 is 2.47 bits per heavy atom. The number of hydrogen-bond donors (Lipinski definition) is 1. The van der Waals surface area contributed by atoms with Crippen molar-refractivity contribution in [2.75, 3.05) is 5.73 Å². The lowest BCUT2D eigenvalue weighted by molar-refractivity contribution is 1.52. The second-order valence-electron chi connectivity index (χ2n) is 4.07. The van der Waals surface area contributed by atoms with E-state index in [2.05, 4.69) is 12.1 Å². The largest absolute Gasteiger partial charge is 0.399 e. The summed E-state index contributed by atoms with van der Waals surface area (Å²) in [7, 11) is 0. The molecule has 0 radical (unpaired) electrons. The van der Waals surface area contributed by atoms with Gasteiger partial charge in [-0.25, -0.2) is 0 Å². The Labute approximate surface area is 98.9 Å². The standard InChI is InChI=1S/C15H10N2/c16-9-15-13-4-2-1-3-10(13)7-11-8-12(17)5-6-14(11)15/h1-8H,17H2. The molecule has 0 unspecified atom stereocenters. The summed E-state index contributed by atoms with van der Waals surface area (Å²) in [6.45, 7) is 0. The molecular formula is C15H10N2. The van der Waals surface area contributed by atoms with Crippen LogP contribution in [0.25, 0.3) is 21.5 Å². The molecule has 80 valence electrons. The number of nitrogens with two attached hydrogens (primary N) is 1. The van der Waals surface area contributed by atoms with Crippen molar-refractivity contribution in [1.29, 1.82) is 5.26 Å². The number of benzene rings is 3. The van der Waals surface area contributed by atoms with Crippen LogP contribution in [0.5, 0.6) is 0 Å². The minimum absolute atomic E-state index is 0.719. The average molecular weight is 218 g/mol. The van der Waals surface area contributed by atoms with Gasteiger partial charge in [-0.05, 0) is 29.0 Å². The number of nitriles is 1. The van der Waals surface area contributed by atoms with E-state index >= 15 is 0 Å². The number of fused-ring (bicyclic) bond motifs is 2. The van der Waals surface area contributed by atoms with Gasteiger partial charge in [0, 0.05) is 16.5 Å². The molecule has 3 aromatic rings. The van der Waals surface area contributed by atoms with Gasteiger partial charge in [-0.3, -0.25) is 0 Å². The lowest BCUT2D eigenvalue weighted by Crippen LogP contribution is -1.87. The fraction of sp³-hybridized carbons (Fsp3) is 0. The summed E-state index contributed by atoms with van der Waals surface area (Å²) in [5.74, 6) is 0. The van der Waals surface area contributed by atoms with Gasteiger partial charge >= 0.3 is 0 Å². The van der Waals surface area contributed by atoms with Crippen LogP contribution < -0.4 is 5.73 Å². The first-order valence-electron chi connectivity index (χ1n) is 5.41. The normalized spacial score (nSPS) is 10.5. The van der Waals surface area contributed by atoms with E-state index in [1.54, 1.807) is 0 Å². The molecule has 0 aliphatic heterocycles. The van der Waals surface area contributed by atoms with E-state index in [9.17, 15) is 5.26 Å². The average Bonchev–Trinajstić information content (AvgIpc) is 2.35. The number of anilines is 1. The SMILES string of the molecule is N#Cc1c2ccccc2cc2cc(N)ccc12. The van der Waals surface area contributed by atoms with Crippen molar-refractivity contribution < 1.29 is 0 Å². The lowest BCUT2D eigenvalue weighted by atomic mass is 9.97. The van der Waals surface area contributed by atoms with Crippen LogP contribution in [0, 0.1) is 11.3 Å². The number of hydrogen-bond acceptors (Lipinski definition) is 2. The van der Waals surface area contributed by atoms with Crippen molar-refractivity contribution in [3.63, 3.8) is 0 Å². The summed E-state index contributed by atoms with van der Waals surface area (Å²) in [6.07, 6.45) is 0. The summed E-state index contributed by atoms with van der Waals surface area (Å²) in [5, 5.41) is 13.4. The predicted molar refractivity (Wildman–Crippen MR) is 70.6 cm³/mol. The predicted octanol–water partition coefficient (Wildman–Crippen LogP) is 3.45. The number of rotatable bonds is 0. The van der Waals surface area contributed by atoms with E-state index in [1.165, 1.54) is 0 Å². The Morgan fingerprint density at radius 2 is 1.65 bits per heavy atom. The van der Waals surface area contributed by atoms with Crippen LogP contribution >= 0.6 is 0 Å². The Balaban J connectivity index is 2.59. The Hall–Kier alpha value is -2.53. The molecule has 2 nitrogen and oxygen atoms in total. The number of nitrogens with zero attached hydrogens (tertiary/aromatic N) is 1. The minimum Gasteiger partial charge on any atom is -0.399 e. The lowest BCUT2D eigenvalue weighted by Gasteiger charge is -2.06. The minimum atomic E-state index is 0.719. The maximum Gasteiger partial charge on any atom is 0.100 e. The third-order valence-corrected chi connectivity index (χ3v) is 3.00. The topological polar surface area (TPSA) is 49.8 Å². The van der Waals surface area contributed by atoms with E-state index in [-0.39, 0.29) is 0 Å². The molecule has 3 aromatic carbocycles. The molecule has 17 heavy (non-hydrogen) atoms. The van der Waals surface area contributed by atoms with Crippen molar-refractivity contribution in [2.24, 2.45) is 0 Å². The molecule has 0 saturated carbocycles. The maximum absolute atomic E-state index is 9.32. The van der Waals surface area contributed by atoms with Crippen molar-refractivity contribution in [2.45, 2.75) is 0 Å². The van der Waals surface area contributed by atoms with Gasteiger partial charge in [0.15, 0.2) is 0 Å². The molecular weight excluding hydrogens is 208 g/mol. The zero-order valence-electron chi connectivity index (χ0n) is 9.14. The maximum atomic E-state index is 9.32. The van der Waals surface area contributed by atoms with Crippen molar-refractivity contribution in [3.8, 4) is 6.07 Å². The van der Waals surface area contributed by atoms with Crippen molar-refractivity contribution >= 4 is 27.2 Å². The molecule has 0 aromatic heterocycles. The van der Waals surface area contributed by atoms with Crippen molar-refractivity contribution in [1.82, 2.24) is 0 Å². The van der Waals surface area contributed by atoms with Gasteiger partial charge in [0.2, 0.25) is 0 Å². The zero-order chi connectivity index (χ0) is 11.8. The third-order valence-electron chi connectivity index (χ3n) is 3.00. The molecule has 0 fully saturated rings. The van der Waals surface area contributed by atoms with Crippen LogP contribution in [0.15, 0.2) is 48.5 Å². The smallest absolute Gasteiger partial charge is 0.100 e. The van der Waals surface area contributed by atoms with Gasteiger partial charge in [-0.1, -0.05) is 30.3 Å². The Bertz CT molecular complexity index is 767. The summed E-state index contributed by atoms with van der Waals surface area (Å²) < 4.78 is 0. The molecule has 0 atom stereocenters. The first-order chi connectivity index (χ1) is 8.29. The molecule has 2 heteroatoms. The highest BCUT2D eigenvalue weighted by atomic mass is 14.5. The summed E-state index contributed by atoms with van der Waals surface area (Å²) >= 11 is 0. The monoisotopic (exact) mass is 218 g/mol. The van der Waals surface area contributed by atoms with Gasteiger partial charge < -0.3 is 5.73 Å². The van der Waals surface area contributed by atoms with E-state index in [0.29, 0.717) is 0 Å². The van der Waals surface area contributed by atoms with Gasteiger partial charge in [0.05, 0.1) is 5.56 Å². The molecule has 0 saturated heterocycles. The molecule has 0 amide bonds. The molecule has 2 N–H and O–H groups in total. The van der Waals surface area contributed by atoms with Crippen LogP contribution in [-0.4, -0.2) is 0 Å². The van der Waals surface area contributed by atoms with Gasteiger partial charge in [-0.15, -0.1) is 0 Å². The highest BCUT2D eigenvalue weighted by Gasteiger charge is 2.06. The third kappa shape index (κ3) is 1.41. The first kappa shape index (κ1) is 9.68. The van der Waals surface area contributed by atoms with Gasteiger partial charge in [-0.2, -0.15) is 5.26 Å². The van der Waals surface area contributed by atoms with Gasteiger partial charge in [0.25, 0.3) is 0 Å². The molecule has 0 heterocycles. The first-order valence-corrected chi connectivity index (χ1v) is 5.41.